The van der Waals surface area contributed by atoms with Gasteiger partial charge in [-0.2, -0.15) is 5.26 Å². The zero-order chi connectivity index (χ0) is 19.1. The average Bonchev–Trinajstić information content (AvgIpc) is 2.88. The number of ketones is 1. The van der Waals surface area contributed by atoms with Crippen molar-refractivity contribution in [1.82, 2.24) is 0 Å². The van der Waals surface area contributed by atoms with Crippen molar-refractivity contribution in [1.29, 1.82) is 5.26 Å². The van der Waals surface area contributed by atoms with E-state index < -0.39 is 5.41 Å². The lowest BCUT2D eigenvalue weighted by Gasteiger charge is -2.24. The first-order chi connectivity index (χ1) is 13.7. The lowest BCUT2D eigenvalue weighted by Crippen LogP contribution is -2.31. The van der Waals surface area contributed by atoms with E-state index in [4.69, 9.17) is 10.00 Å². The third kappa shape index (κ3) is 2.61. The Kier molecular flexibility index (Phi) is 3.80. The fourth-order valence-corrected chi connectivity index (χ4v) is 4.57. The second kappa shape index (κ2) is 6.35. The molecule has 1 unspecified atom stereocenters. The van der Waals surface area contributed by atoms with E-state index in [0.717, 1.165) is 52.8 Å². The maximum absolute atomic E-state index is 13.5. The van der Waals surface area contributed by atoms with Crippen LogP contribution in [0.25, 0.3) is 11.1 Å². The largest absolute Gasteiger partial charge is 0.493 e. The predicted molar refractivity (Wildman–Crippen MR) is 107 cm³/mol. The molecule has 0 N–H and O–H groups in total. The summed E-state index contributed by atoms with van der Waals surface area (Å²) in [7, 11) is 0. The summed E-state index contributed by atoms with van der Waals surface area (Å²) >= 11 is 0. The molecule has 0 saturated carbocycles. The van der Waals surface area contributed by atoms with Crippen molar-refractivity contribution in [2.24, 2.45) is 5.41 Å². The molecule has 1 spiro atoms. The number of carbonyl (C=O) groups is 1. The first-order valence-electron chi connectivity index (χ1n) is 9.58. The van der Waals surface area contributed by atoms with Crippen LogP contribution in [-0.4, -0.2) is 12.4 Å². The van der Waals surface area contributed by atoms with E-state index in [9.17, 15) is 4.79 Å². The Morgan fingerprint density at radius 1 is 0.893 bits per heavy atom. The summed E-state index contributed by atoms with van der Waals surface area (Å²) in [6.45, 7) is 0.563. The Hall–Kier alpha value is -3.38. The number of fused-ring (bicyclic) bond motifs is 2. The molecule has 0 aromatic heterocycles. The van der Waals surface area contributed by atoms with Crippen molar-refractivity contribution in [2.45, 2.75) is 19.3 Å². The molecule has 0 bridgehead atoms. The second-order valence-corrected chi connectivity index (χ2v) is 7.73. The van der Waals surface area contributed by atoms with Gasteiger partial charge in [-0.25, -0.2) is 0 Å². The topological polar surface area (TPSA) is 50.1 Å². The van der Waals surface area contributed by atoms with Gasteiger partial charge in [-0.1, -0.05) is 42.5 Å². The minimum atomic E-state index is -0.415. The highest BCUT2D eigenvalue weighted by molar-refractivity contribution is 6.06. The fourth-order valence-electron chi connectivity index (χ4n) is 4.57. The molecule has 136 valence electrons. The summed E-state index contributed by atoms with van der Waals surface area (Å²) in [6.07, 6.45) is 2.21. The van der Waals surface area contributed by atoms with Crippen molar-refractivity contribution in [2.75, 3.05) is 6.61 Å². The average molecular weight is 365 g/mol. The minimum absolute atomic E-state index is 0.223. The van der Waals surface area contributed by atoms with Crippen LogP contribution in [0.3, 0.4) is 0 Å². The molecule has 0 amide bonds. The number of Topliss-reactive ketones (excluding diaryl/α,β-unsaturated/α-hetero) is 1. The lowest BCUT2D eigenvalue weighted by atomic mass is 9.76. The zero-order valence-corrected chi connectivity index (χ0v) is 15.4. The van der Waals surface area contributed by atoms with Crippen LogP contribution in [0.1, 0.15) is 33.5 Å². The molecule has 1 aliphatic heterocycles. The van der Waals surface area contributed by atoms with Gasteiger partial charge < -0.3 is 4.74 Å². The van der Waals surface area contributed by atoms with Crippen LogP contribution in [-0.2, 0) is 12.8 Å². The van der Waals surface area contributed by atoms with Crippen LogP contribution in [0.4, 0.5) is 0 Å². The number of para-hydroxylation sites is 1. The van der Waals surface area contributed by atoms with E-state index in [1.807, 2.05) is 42.5 Å². The maximum Gasteiger partial charge on any atom is 0.170 e. The molecule has 1 aliphatic carbocycles. The van der Waals surface area contributed by atoms with Crippen LogP contribution >= 0.6 is 0 Å². The van der Waals surface area contributed by atoms with E-state index in [0.29, 0.717) is 12.2 Å². The van der Waals surface area contributed by atoms with Gasteiger partial charge in [-0.3, -0.25) is 4.79 Å². The normalized spacial score (nSPS) is 20.0. The van der Waals surface area contributed by atoms with Gasteiger partial charge in [-0.15, -0.1) is 0 Å². The van der Waals surface area contributed by atoms with Gasteiger partial charge in [0.1, 0.15) is 5.75 Å². The van der Waals surface area contributed by atoms with Crippen LogP contribution < -0.4 is 4.74 Å². The molecule has 1 heterocycles. The van der Waals surface area contributed by atoms with Gasteiger partial charge in [0.05, 0.1) is 18.2 Å². The van der Waals surface area contributed by atoms with Crippen LogP contribution in [0.5, 0.6) is 5.75 Å². The molecule has 2 aliphatic rings. The van der Waals surface area contributed by atoms with Crippen LogP contribution in [0, 0.1) is 16.7 Å². The summed E-state index contributed by atoms with van der Waals surface area (Å²) in [4.78, 5) is 13.5. The molecule has 0 radical (unpaired) electrons. The molecule has 5 rings (SSSR count). The Bertz CT molecular complexity index is 1140. The van der Waals surface area contributed by atoms with Crippen molar-refractivity contribution in [3.05, 3.63) is 89.0 Å². The third-order valence-corrected chi connectivity index (χ3v) is 6.03. The number of benzene rings is 3. The molecule has 3 aromatic rings. The minimum Gasteiger partial charge on any atom is -0.493 e. The molecular formula is C25H19NO2. The number of ether oxygens (including phenoxy) is 1. The predicted octanol–water partition coefficient (Wildman–Crippen LogP) is 4.98. The Balaban J connectivity index is 1.54. The number of hydrogen-bond acceptors (Lipinski definition) is 3. The molecular weight excluding hydrogens is 346 g/mol. The van der Waals surface area contributed by atoms with Crippen molar-refractivity contribution >= 4 is 5.78 Å². The summed E-state index contributed by atoms with van der Waals surface area (Å²) in [5.74, 6) is 1.12. The van der Waals surface area contributed by atoms with Gasteiger partial charge in [-0.05, 0) is 65.8 Å². The molecule has 1 atom stereocenters. The third-order valence-electron chi connectivity index (χ3n) is 6.03. The Morgan fingerprint density at radius 2 is 1.71 bits per heavy atom. The first kappa shape index (κ1) is 16.8. The quantitative estimate of drug-likeness (QED) is 0.611. The molecule has 3 aromatic carbocycles. The maximum atomic E-state index is 13.5. The van der Waals surface area contributed by atoms with Gasteiger partial charge in [0.25, 0.3) is 0 Å². The van der Waals surface area contributed by atoms with Crippen molar-refractivity contribution < 1.29 is 9.53 Å². The number of rotatable bonds is 1. The van der Waals surface area contributed by atoms with Gasteiger partial charge >= 0.3 is 0 Å². The first-order valence-corrected chi connectivity index (χ1v) is 9.58. The molecule has 0 saturated heterocycles. The summed E-state index contributed by atoms with van der Waals surface area (Å²) in [5.41, 5.74) is 5.20. The van der Waals surface area contributed by atoms with E-state index in [-0.39, 0.29) is 5.78 Å². The van der Waals surface area contributed by atoms with Crippen LogP contribution in [0.2, 0.25) is 0 Å². The highest BCUT2D eigenvalue weighted by Crippen LogP contribution is 2.46. The van der Waals surface area contributed by atoms with Crippen LogP contribution in [0.15, 0.2) is 66.7 Å². The Labute approximate surface area is 164 Å². The van der Waals surface area contributed by atoms with Gasteiger partial charge in [0.2, 0.25) is 0 Å². The summed E-state index contributed by atoms with van der Waals surface area (Å²) in [5, 5.41) is 9.16. The van der Waals surface area contributed by atoms with E-state index in [1.54, 1.807) is 6.07 Å². The van der Waals surface area contributed by atoms with Gasteiger partial charge in [0.15, 0.2) is 5.78 Å². The number of nitriles is 1. The number of carbonyl (C=O) groups excluding carboxylic acids is 1. The summed E-state index contributed by atoms with van der Waals surface area (Å²) < 4.78 is 5.92. The smallest absolute Gasteiger partial charge is 0.170 e. The molecule has 0 fully saturated rings. The van der Waals surface area contributed by atoms with Gasteiger partial charge in [0, 0.05) is 11.0 Å². The highest BCUT2D eigenvalue weighted by Gasteiger charge is 2.46. The summed E-state index contributed by atoms with van der Waals surface area (Å²) in [6, 6.07) is 23.9. The fraction of sp³-hybridized carbons (Fsp3) is 0.200. The van der Waals surface area contributed by atoms with E-state index >= 15 is 0 Å². The van der Waals surface area contributed by atoms with E-state index in [2.05, 4.69) is 24.3 Å². The molecule has 3 heteroatoms. The SMILES string of the molecule is N#Cc1cccc(-c2ccc3c(c2)C(=O)C2(CCOc4ccccc4C2)C3)c1. The number of nitrogens with zero attached hydrogens (tertiary/aromatic N) is 1. The standard InChI is InChI=1S/C25H19NO2/c26-16-17-4-3-6-18(12-17)19-8-9-20-14-25(24(27)22(20)13-19)10-11-28-23-7-2-1-5-21(23)15-25/h1-9,12-13H,10-11,14-15H2. The molecule has 3 nitrogen and oxygen atoms in total. The highest BCUT2D eigenvalue weighted by atomic mass is 16.5. The van der Waals surface area contributed by atoms with Crippen molar-refractivity contribution in [3.63, 3.8) is 0 Å². The molecule has 28 heavy (non-hydrogen) atoms. The lowest BCUT2D eigenvalue weighted by molar-refractivity contribution is 0.0789. The number of hydrogen-bond donors (Lipinski definition) is 0. The van der Waals surface area contributed by atoms with Crippen molar-refractivity contribution in [3.8, 4) is 22.9 Å². The van der Waals surface area contributed by atoms with E-state index in [1.165, 1.54) is 0 Å². The Morgan fingerprint density at radius 3 is 2.61 bits per heavy atom. The monoisotopic (exact) mass is 365 g/mol. The zero-order valence-electron chi connectivity index (χ0n) is 15.4. The second-order valence-electron chi connectivity index (χ2n) is 7.73.